The van der Waals surface area contributed by atoms with Crippen molar-refractivity contribution in [3.63, 3.8) is 0 Å². The Labute approximate surface area is 113 Å². The van der Waals surface area contributed by atoms with E-state index < -0.39 is 9.84 Å². The molecule has 19 heavy (non-hydrogen) atoms. The number of ether oxygens (including phenoxy) is 1. The Balaban J connectivity index is 2.53. The van der Waals surface area contributed by atoms with E-state index in [9.17, 15) is 12.8 Å². The van der Waals surface area contributed by atoms with Crippen molar-refractivity contribution in [2.24, 2.45) is 0 Å². The summed E-state index contributed by atoms with van der Waals surface area (Å²) in [4.78, 5) is 0. The van der Waals surface area contributed by atoms with Crippen molar-refractivity contribution >= 4 is 9.84 Å². The molecule has 1 N–H and O–H groups in total. The van der Waals surface area contributed by atoms with Crippen LogP contribution in [0.15, 0.2) is 18.2 Å². The van der Waals surface area contributed by atoms with Gasteiger partial charge in [-0.2, -0.15) is 0 Å². The SMILES string of the molecule is CCS(=O)(=O)CCCOc1ccc(F)cc1CNC. The zero-order valence-electron chi connectivity index (χ0n) is 11.3. The van der Waals surface area contributed by atoms with E-state index in [1.54, 1.807) is 20.0 Å². The molecule has 0 aromatic heterocycles. The Morgan fingerprint density at radius 3 is 2.74 bits per heavy atom. The van der Waals surface area contributed by atoms with Crippen LogP contribution in [0.4, 0.5) is 4.39 Å². The smallest absolute Gasteiger partial charge is 0.150 e. The van der Waals surface area contributed by atoms with E-state index in [1.165, 1.54) is 12.1 Å². The van der Waals surface area contributed by atoms with Crippen molar-refractivity contribution in [3.05, 3.63) is 29.6 Å². The Hall–Kier alpha value is -1.14. The minimum absolute atomic E-state index is 0.117. The van der Waals surface area contributed by atoms with Gasteiger partial charge in [0.2, 0.25) is 0 Å². The van der Waals surface area contributed by atoms with Crippen LogP contribution in [-0.4, -0.2) is 33.6 Å². The highest BCUT2D eigenvalue weighted by Gasteiger charge is 2.08. The van der Waals surface area contributed by atoms with E-state index in [2.05, 4.69) is 5.32 Å². The summed E-state index contributed by atoms with van der Waals surface area (Å²) in [5.74, 6) is 0.538. The number of hydrogen-bond acceptors (Lipinski definition) is 4. The summed E-state index contributed by atoms with van der Waals surface area (Å²) in [5.41, 5.74) is 0.723. The molecular weight excluding hydrogens is 269 g/mol. The summed E-state index contributed by atoms with van der Waals surface area (Å²) in [6.45, 7) is 2.43. The second-order valence-corrected chi connectivity index (χ2v) is 6.69. The molecule has 0 aliphatic carbocycles. The lowest BCUT2D eigenvalue weighted by Crippen LogP contribution is -2.13. The molecule has 0 heterocycles. The van der Waals surface area contributed by atoms with Gasteiger partial charge in [0.1, 0.15) is 21.4 Å². The average Bonchev–Trinajstić information content (AvgIpc) is 2.37. The predicted molar refractivity (Wildman–Crippen MR) is 73.6 cm³/mol. The van der Waals surface area contributed by atoms with Crippen LogP contribution in [0.1, 0.15) is 18.9 Å². The third kappa shape index (κ3) is 5.57. The minimum atomic E-state index is -2.95. The summed E-state index contributed by atoms with van der Waals surface area (Å²) in [6.07, 6.45) is 0.437. The van der Waals surface area contributed by atoms with Gasteiger partial charge in [0, 0.05) is 17.9 Å². The highest BCUT2D eigenvalue weighted by Crippen LogP contribution is 2.19. The molecule has 0 aliphatic heterocycles. The zero-order valence-corrected chi connectivity index (χ0v) is 12.1. The van der Waals surface area contributed by atoms with E-state index in [-0.39, 0.29) is 17.3 Å². The molecule has 0 saturated carbocycles. The number of rotatable bonds is 8. The maximum absolute atomic E-state index is 13.1. The van der Waals surface area contributed by atoms with Crippen LogP contribution in [0, 0.1) is 5.82 Å². The molecule has 4 nitrogen and oxygen atoms in total. The van der Waals surface area contributed by atoms with Crippen LogP contribution >= 0.6 is 0 Å². The van der Waals surface area contributed by atoms with Crippen LogP contribution in [-0.2, 0) is 16.4 Å². The van der Waals surface area contributed by atoms with Crippen LogP contribution in [0.3, 0.4) is 0 Å². The van der Waals surface area contributed by atoms with Gasteiger partial charge in [0.05, 0.1) is 12.4 Å². The topological polar surface area (TPSA) is 55.4 Å². The van der Waals surface area contributed by atoms with Gasteiger partial charge in [-0.3, -0.25) is 0 Å². The number of benzene rings is 1. The van der Waals surface area contributed by atoms with Gasteiger partial charge in [0.15, 0.2) is 0 Å². The first-order valence-electron chi connectivity index (χ1n) is 6.24. The largest absolute Gasteiger partial charge is 0.493 e. The highest BCUT2D eigenvalue weighted by atomic mass is 32.2. The van der Waals surface area contributed by atoms with Gasteiger partial charge in [-0.05, 0) is 31.7 Å². The predicted octanol–water partition coefficient (Wildman–Crippen LogP) is 1.75. The first-order valence-corrected chi connectivity index (χ1v) is 8.07. The average molecular weight is 289 g/mol. The Kier molecular flexibility index (Phi) is 6.24. The van der Waals surface area contributed by atoms with Gasteiger partial charge >= 0.3 is 0 Å². The lowest BCUT2D eigenvalue weighted by molar-refractivity contribution is 0.313. The lowest BCUT2D eigenvalue weighted by Gasteiger charge is -2.11. The molecule has 0 fully saturated rings. The minimum Gasteiger partial charge on any atom is -0.493 e. The van der Waals surface area contributed by atoms with E-state index in [0.717, 1.165) is 5.56 Å². The van der Waals surface area contributed by atoms with E-state index in [4.69, 9.17) is 4.74 Å². The zero-order chi connectivity index (χ0) is 14.3. The van der Waals surface area contributed by atoms with Crippen molar-refractivity contribution in [2.45, 2.75) is 19.9 Å². The third-order valence-corrected chi connectivity index (χ3v) is 4.48. The fourth-order valence-corrected chi connectivity index (χ4v) is 2.47. The fourth-order valence-electron chi connectivity index (χ4n) is 1.62. The van der Waals surface area contributed by atoms with Crippen LogP contribution in [0.25, 0.3) is 0 Å². The summed E-state index contributed by atoms with van der Waals surface area (Å²) in [6, 6.07) is 4.31. The van der Waals surface area contributed by atoms with Crippen molar-refractivity contribution in [1.29, 1.82) is 0 Å². The van der Waals surface area contributed by atoms with Gasteiger partial charge in [-0.15, -0.1) is 0 Å². The van der Waals surface area contributed by atoms with Crippen LogP contribution in [0.2, 0.25) is 0 Å². The van der Waals surface area contributed by atoms with Crippen molar-refractivity contribution < 1.29 is 17.5 Å². The molecule has 0 spiro atoms. The maximum Gasteiger partial charge on any atom is 0.150 e. The van der Waals surface area contributed by atoms with Crippen LogP contribution < -0.4 is 10.1 Å². The summed E-state index contributed by atoms with van der Waals surface area (Å²) in [7, 11) is -1.19. The normalized spacial score (nSPS) is 11.5. The Bertz CT molecular complexity index is 503. The van der Waals surface area contributed by atoms with Gasteiger partial charge in [0.25, 0.3) is 0 Å². The molecule has 1 rings (SSSR count). The molecule has 1 aromatic carbocycles. The first kappa shape index (κ1) is 15.9. The molecule has 1 aromatic rings. The quantitative estimate of drug-likeness (QED) is 0.741. The molecule has 0 unspecified atom stereocenters. The number of halogens is 1. The maximum atomic E-state index is 13.1. The lowest BCUT2D eigenvalue weighted by atomic mass is 10.2. The Morgan fingerprint density at radius 2 is 2.11 bits per heavy atom. The van der Waals surface area contributed by atoms with Crippen molar-refractivity contribution in [3.8, 4) is 5.75 Å². The molecule has 0 saturated heterocycles. The van der Waals surface area contributed by atoms with Crippen molar-refractivity contribution in [2.75, 3.05) is 25.2 Å². The molecular formula is C13H20FNO3S. The van der Waals surface area contributed by atoms with E-state index in [1.807, 2.05) is 0 Å². The molecule has 0 radical (unpaired) electrons. The van der Waals surface area contributed by atoms with Crippen molar-refractivity contribution in [1.82, 2.24) is 5.32 Å². The molecule has 6 heteroatoms. The second kappa shape index (κ2) is 7.45. The molecule has 0 bridgehead atoms. The number of sulfone groups is 1. The fraction of sp³-hybridized carbons (Fsp3) is 0.538. The third-order valence-electron chi connectivity index (χ3n) is 2.69. The van der Waals surface area contributed by atoms with Gasteiger partial charge < -0.3 is 10.1 Å². The number of nitrogens with one attached hydrogen (secondary N) is 1. The molecule has 0 aliphatic rings. The van der Waals surface area contributed by atoms with Gasteiger partial charge in [-0.1, -0.05) is 6.92 Å². The Morgan fingerprint density at radius 1 is 1.37 bits per heavy atom. The monoisotopic (exact) mass is 289 g/mol. The summed E-state index contributed by atoms with van der Waals surface area (Å²) < 4.78 is 41.2. The summed E-state index contributed by atoms with van der Waals surface area (Å²) >= 11 is 0. The highest BCUT2D eigenvalue weighted by molar-refractivity contribution is 7.91. The van der Waals surface area contributed by atoms with Crippen LogP contribution in [0.5, 0.6) is 5.75 Å². The van der Waals surface area contributed by atoms with E-state index in [0.29, 0.717) is 25.3 Å². The summed E-state index contributed by atoms with van der Waals surface area (Å²) in [5, 5.41) is 2.93. The first-order chi connectivity index (χ1) is 8.98. The molecule has 0 atom stereocenters. The standard InChI is InChI=1S/C13H20FNO3S/c1-3-19(16,17)8-4-7-18-13-6-5-12(14)9-11(13)10-15-2/h5-6,9,15H,3-4,7-8,10H2,1-2H3. The second-order valence-electron chi connectivity index (χ2n) is 4.22. The van der Waals surface area contributed by atoms with E-state index >= 15 is 0 Å². The van der Waals surface area contributed by atoms with Gasteiger partial charge in [-0.25, -0.2) is 12.8 Å². The number of hydrogen-bond donors (Lipinski definition) is 1. The molecule has 0 amide bonds. The molecule has 108 valence electrons.